The van der Waals surface area contributed by atoms with Crippen LogP contribution in [-0.4, -0.2) is 53.6 Å². The van der Waals surface area contributed by atoms with Gasteiger partial charge in [0.15, 0.2) is 5.96 Å². The van der Waals surface area contributed by atoms with Crippen LogP contribution in [0.4, 0.5) is 0 Å². The summed E-state index contributed by atoms with van der Waals surface area (Å²) >= 11 is 6.40. The van der Waals surface area contributed by atoms with Gasteiger partial charge in [0.2, 0.25) is 11.8 Å². The molecule has 0 unspecified atom stereocenters. The van der Waals surface area contributed by atoms with E-state index >= 15 is 0 Å². The first-order valence-corrected chi connectivity index (χ1v) is 12.7. The molecule has 4 rings (SSSR count). The van der Waals surface area contributed by atoms with Crippen LogP contribution in [0.1, 0.15) is 70.5 Å². The van der Waals surface area contributed by atoms with E-state index in [9.17, 15) is 9.59 Å². The highest BCUT2D eigenvalue weighted by Gasteiger charge is 2.52. The van der Waals surface area contributed by atoms with Gasteiger partial charge in [0.25, 0.3) is 0 Å². The molecule has 35 heavy (non-hydrogen) atoms. The quantitative estimate of drug-likeness (QED) is 0.588. The second-order valence-electron chi connectivity index (χ2n) is 11.3. The van der Waals surface area contributed by atoms with Gasteiger partial charge in [-0.1, -0.05) is 11.6 Å². The van der Waals surface area contributed by atoms with Crippen molar-refractivity contribution < 1.29 is 19.1 Å². The fraction of sp³-hybridized carbons (Fsp3) is 0.654. The Balaban J connectivity index is 1.52. The Morgan fingerprint density at radius 1 is 1.37 bits per heavy atom. The number of hydrogen-bond donors (Lipinski definition) is 2. The smallest absolute Gasteiger partial charge is 0.231 e. The van der Waals surface area contributed by atoms with Crippen LogP contribution in [0.3, 0.4) is 0 Å². The topological polar surface area (TPSA) is 106 Å². The minimum Gasteiger partial charge on any atom is -0.487 e. The summed E-state index contributed by atoms with van der Waals surface area (Å²) in [5, 5.41) is 3.89. The van der Waals surface area contributed by atoms with Gasteiger partial charge in [-0.05, 0) is 71.1 Å². The largest absolute Gasteiger partial charge is 0.487 e. The minimum absolute atomic E-state index is 0.00186. The lowest BCUT2D eigenvalue weighted by molar-refractivity contribution is -0.132. The molecule has 0 aromatic heterocycles. The monoisotopic (exact) mass is 504 g/mol. The van der Waals surface area contributed by atoms with E-state index in [-0.39, 0.29) is 48.1 Å². The van der Waals surface area contributed by atoms with Crippen LogP contribution in [0.15, 0.2) is 17.1 Å². The fourth-order valence-electron chi connectivity index (χ4n) is 5.44. The average Bonchev–Trinajstić information content (AvgIpc) is 3.51. The van der Waals surface area contributed by atoms with Crippen molar-refractivity contribution in [1.82, 2.24) is 10.2 Å². The maximum Gasteiger partial charge on any atom is 0.231 e. The van der Waals surface area contributed by atoms with E-state index in [0.29, 0.717) is 30.9 Å². The van der Waals surface area contributed by atoms with Gasteiger partial charge in [-0.3, -0.25) is 14.5 Å². The molecule has 1 fully saturated rings. The highest BCUT2D eigenvalue weighted by Crippen LogP contribution is 2.47. The third-order valence-corrected chi connectivity index (χ3v) is 7.61. The number of ether oxygens (including phenoxy) is 2. The molecule has 1 aromatic carbocycles. The standard InChI is InChI=1S/C26H37ClN4O4/c1-14-9-21-17(11-18(14)27)19(12-26(4,5)35-21)29-23(33)16-10-15(16)20(7-8-34-6)31-22(32)13-25(2,3)30-24(31)28/h9,11,15-16,19-20H,7-8,10,12-13H2,1-6H3,(H2,28,30)(H,29,33)/t15-,16-,19-,20+/m0/s1. The first kappa shape index (κ1) is 25.8. The first-order chi connectivity index (χ1) is 16.3. The summed E-state index contributed by atoms with van der Waals surface area (Å²) < 4.78 is 11.5. The molecule has 0 bridgehead atoms. The zero-order chi connectivity index (χ0) is 25.7. The van der Waals surface area contributed by atoms with Crippen molar-refractivity contribution in [2.75, 3.05) is 13.7 Å². The fourth-order valence-corrected chi connectivity index (χ4v) is 5.61. The molecule has 1 saturated carbocycles. The number of aliphatic imine (C=N–C) groups is 1. The summed E-state index contributed by atoms with van der Waals surface area (Å²) in [4.78, 5) is 32.6. The molecule has 2 amide bonds. The molecule has 2 aliphatic heterocycles. The molecule has 1 aromatic rings. The van der Waals surface area contributed by atoms with E-state index in [0.717, 1.165) is 16.9 Å². The van der Waals surface area contributed by atoms with Gasteiger partial charge in [0, 0.05) is 42.7 Å². The number of nitrogens with zero attached hydrogens (tertiary/aromatic N) is 2. The molecule has 0 spiro atoms. The number of hydrogen-bond acceptors (Lipinski definition) is 6. The maximum absolute atomic E-state index is 13.4. The Labute approximate surface area is 212 Å². The zero-order valence-corrected chi connectivity index (χ0v) is 22.2. The number of rotatable bonds is 7. The highest BCUT2D eigenvalue weighted by molar-refractivity contribution is 6.31. The summed E-state index contributed by atoms with van der Waals surface area (Å²) in [6, 6.07) is 3.39. The second-order valence-corrected chi connectivity index (χ2v) is 11.8. The Hall–Kier alpha value is -2.32. The predicted octanol–water partition coefficient (Wildman–Crippen LogP) is 3.73. The van der Waals surface area contributed by atoms with Crippen molar-refractivity contribution in [3.05, 3.63) is 28.3 Å². The van der Waals surface area contributed by atoms with Crippen LogP contribution >= 0.6 is 11.6 Å². The summed E-state index contributed by atoms with van der Waals surface area (Å²) in [6.45, 7) is 10.2. The molecule has 0 radical (unpaired) electrons. The molecular formula is C26H37ClN4O4. The van der Waals surface area contributed by atoms with Gasteiger partial charge in [0.1, 0.15) is 11.4 Å². The third-order valence-electron chi connectivity index (χ3n) is 7.20. The molecule has 192 valence electrons. The predicted molar refractivity (Wildman–Crippen MR) is 135 cm³/mol. The number of benzene rings is 1. The highest BCUT2D eigenvalue weighted by atomic mass is 35.5. The summed E-state index contributed by atoms with van der Waals surface area (Å²) in [5.74, 6) is 0.691. The molecule has 4 atom stereocenters. The Morgan fingerprint density at radius 3 is 2.74 bits per heavy atom. The summed E-state index contributed by atoms with van der Waals surface area (Å²) in [5.41, 5.74) is 7.14. The SMILES string of the molecule is COCC[C@H]([C@H]1C[C@@H]1C(=O)N[C@H]1CC(C)(C)Oc2cc(C)c(Cl)cc21)N1C(=O)CC(C)(C)N=C1N. The number of methoxy groups -OCH3 is 1. The van der Waals surface area contributed by atoms with Crippen LogP contribution in [0.25, 0.3) is 0 Å². The van der Waals surface area contributed by atoms with E-state index in [1.165, 1.54) is 0 Å². The lowest BCUT2D eigenvalue weighted by Gasteiger charge is -2.39. The zero-order valence-electron chi connectivity index (χ0n) is 21.5. The molecule has 8 nitrogen and oxygen atoms in total. The Morgan fingerprint density at radius 2 is 2.09 bits per heavy atom. The summed E-state index contributed by atoms with van der Waals surface area (Å²) in [7, 11) is 1.63. The van der Waals surface area contributed by atoms with Gasteiger partial charge in [-0.15, -0.1) is 0 Å². The van der Waals surface area contributed by atoms with Crippen molar-refractivity contribution in [1.29, 1.82) is 0 Å². The van der Waals surface area contributed by atoms with Gasteiger partial charge >= 0.3 is 0 Å². The lowest BCUT2D eigenvalue weighted by Crippen LogP contribution is -2.55. The van der Waals surface area contributed by atoms with Gasteiger partial charge in [-0.25, -0.2) is 4.99 Å². The summed E-state index contributed by atoms with van der Waals surface area (Å²) in [6.07, 6.45) is 2.20. The second kappa shape index (κ2) is 9.28. The number of guanidine groups is 1. The maximum atomic E-state index is 13.4. The number of aryl methyl sites for hydroxylation is 1. The van der Waals surface area contributed by atoms with E-state index in [4.69, 9.17) is 26.8 Å². The van der Waals surface area contributed by atoms with Crippen LogP contribution in [-0.2, 0) is 14.3 Å². The number of amides is 2. The van der Waals surface area contributed by atoms with Crippen LogP contribution in [0.5, 0.6) is 5.75 Å². The molecule has 1 aliphatic carbocycles. The van der Waals surface area contributed by atoms with Crippen molar-refractivity contribution >= 4 is 29.4 Å². The van der Waals surface area contributed by atoms with Crippen molar-refractivity contribution in [3.8, 4) is 5.75 Å². The van der Waals surface area contributed by atoms with Crippen LogP contribution < -0.4 is 15.8 Å². The first-order valence-electron chi connectivity index (χ1n) is 12.3. The van der Waals surface area contributed by atoms with Gasteiger partial charge < -0.3 is 20.5 Å². The normalized spacial score (nSPS) is 27.4. The minimum atomic E-state index is -0.521. The molecule has 3 aliphatic rings. The van der Waals surface area contributed by atoms with Crippen molar-refractivity contribution in [2.45, 2.75) is 83.5 Å². The molecule has 2 heterocycles. The van der Waals surface area contributed by atoms with E-state index in [1.54, 1.807) is 12.0 Å². The Bertz CT molecular complexity index is 1050. The number of halogens is 1. The van der Waals surface area contributed by atoms with E-state index in [1.807, 2.05) is 46.8 Å². The van der Waals surface area contributed by atoms with Gasteiger partial charge in [0.05, 0.1) is 18.0 Å². The van der Waals surface area contributed by atoms with Gasteiger partial charge in [-0.2, -0.15) is 0 Å². The number of nitrogens with one attached hydrogen (secondary N) is 1. The molecule has 3 N–H and O–H groups in total. The van der Waals surface area contributed by atoms with Crippen LogP contribution in [0, 0.1) is 18.8 Å². The molecule has 9 heteroatoms. The van der Waals surface area contributed by atoms with Crippen LogP contribution in [0.2, 0.25) is 5.02 Å². The molecular weight excluding hydrogens is 468 g/mol. The number of fused-ring (bicyclic) bond motifs is 1. The Kier molecular flexibility index (Phi) is 6.83. The number of carbonyl (C=O) groups is 2. The third kappa shape index (κ3) is 5.43. The number of carbonyl (C=O) groups excluding carboxylic acids is 2. The lowest BCUT2D eigenvalue weighted by atomic mass is 9.89. The number of nitrogens with two attached hydrogens (primary N) is 1. The van der Waals surface area contributed by atoms with E-state index in [2.05, 4.69) is 10.3 Å². The van der Waals surface area contributed by atoms with E-state index < -0.39 is 11.1 Å². The average molecular weight is 505 g/mol. The van der Waals surface area contributed by atoms with Crippen molar-refractivity contribution in [3.63, 3.8) is 0 Å². The molecule has 0 saturated heterocycles. The van der Waals surface area contributed by atoms with Crippen molar-refractivity contribution in [2.24, 2.45) is 22.6 Å².